The maximum absolute atomic E-state index is 14.0. The van der Waals surface area contributed by atoms with Gasteiger partial charge in [0.05, 0.1) is 24.9 Å². The van der Waals surface area contributed by atoms with E-state index in [0.717, 1.165) is 51.1 Å². The number of ketones is 3. The van der Waals surface area contributed by atoms with Crippen molar-refractivity contribution >= 4 is 29.0 Å². The molecule has 2 saturated heterocycles. The van der Waals surface area contributed by atoms with E-state index in [9.17, 15) is 14.4 Å². The molecular weight excluding hydrogens is 729 g/mol. The molecule has 0 amide bonds. The van der Waals surface area contributed by atoms with Gasteiger partial charge in [-0.15, -0.1) is 0 Å². The number of nitrogens with zero attached hydrogens (tertiary/aromatic N) is 3. The van der Waals surface area contributed by atoms with Crippen LogP contribution in [0.2, 0.25) is 0 Å². The summed E-state index contributed by atoms with van der Waals surface area (Å²) in [5, 5.41) is 3.35. The second-order valence-corrected chi connectivity index (χ2v) is 17.5. The molecule has 2 aliphatic heterocycles. The van der Waals surface area contributed by atoms with Crippen molar-refractivity contribution in [1.82, 2.24) is 10.2 Å². The van der Waals surface area contributed by atoms with Gasteiger partial charge in [-0.2, -0.15) is 0 Å². The van der Waals surface area contributed by atoms with E-state index >= 15 is 0 Å². The molecule has 5 atom stereocenters. The third-order valence-electron chi connectivity index (χ3n) is 11.3. The number of aryl methyl sites for hydroxylation is 1. The standard InChI is InChI=1S/C47H72N6O5/c1-34(2)29-41(51-45(48)38(20-19-36-13-8-6-9-14-36)21-22-40(54)32-57-28-27-53-25-23-50-24-26-53)43(55)18-12-17-39(31-37-15-10-7-11-16-37)46(49)52-42(30-35(3)4)44(56)47(5)33-58-47/h6-11,13-16,34-35,38-39,41-42,50H,12,17-33H2,1-5H3,(H2,48,51)(H2,49,52)/t38-,39?,41+,42?,47-/m1/s1. The summed E-state index contributed by atoms with van der Waals surface area (Å²) >= 11 is 0. The molecule has 0 saturated carbocycles. The molecule has 11 nitrogen and oxygen atoms in total. The first-order valence-electron chi connectivity index (χ1n) is 21.8. The second-order valence-electron chi connectivity index (χ2n) is 17.5. The topological polar surface area (TPSA) is 165 Å². The van der Waals surface area contributed by atoms with Crippen LogP contribution in [0.25, 0.3) is 0 Å². The van der Waals surface area contributed by atoms with Crippen LogP contribution >= 0.6 is 0 Å². The summed E-state index contributed by atoms with van der Waals surface area (Å²) in [6.45, 7) is 16.0. The predicted molar refractivity (Wildman–Crippen MR) is 234 cm³/mol. The van der Waals surface area contributed by atoms with Gasteiger partial charge in [0.15, 0.2) is 17.3 Å². The Bertz CT molecular complexity index is 1600. The number of amidine groups is 2. The Morgan fingerprint density at radius 2 is 1.40 bits per heavy atom. The molecule has 2 heterocycles. The van der Waals surface area contributed by atoms with Crippen molar-refractivity contribution < 1.29 is 23.9 Å². The van der Waals surface area contributed by atoms with E-state index in [2.05, 4.69) is 62.2 Å². The Morgan fingerprint density at radius 3 is 2.02 bits per heavy atom. The fourth-order valence-corrected chi connectivity index (χ4v) is 7.63. The van der Waals surface area contributed by atoms with E-state index in [4.69, 9.17) is 30.9 Å². The first kappa shape index (κ1) is 46.9. The summed E-state index contributed by atoms with van der Waals surface area (Å²) in [5.41, 5.74) is 15.1. The highest BCUT2D eigenvalue weighted by atomic mass is 16.6. The minimum Gasteiger partial charge on any atom is -0.387 e. The number of carbonyl (C=O) groups is 3. The van der Waals surface area contributed by atoms with Crippen LogP contribution in [-0.2, 0) is 36.7 Å². The predicted octanol–water partition coefficient (Wildman–Crippen LogP) is 6.01. The molecule has 0 aromatic heterocycles. The van der Waals surface area contributed by atoms with Crippen LogP contribution in [0.1, 0.15) is 97.1 Å². The maximum atomic E-state index is 14.0. The van der Waals surface area contributed by atoms with Gasteiger partial charge in [0.2, 0.25) is 0 Å². The van der Waals surface area contributed by atoms with Crippen molar-refractivity contribution in [2.45, 2.75) is 117 Å². The molecule has 0 aliphatic carbocycles. The third-order valence-corrected chi connectivity index (χ3v) is 11.3. The smallest absolute Gasteiger partial charge is 0.191 e. The molecular formula is C47H72N6O5. The zero-order valence-corrected chi connectivity index (χ0v) is 36.0. The van der Waals surface area contributed by atoms with Gasteiger partial charge in [0.1, 0.15) is 24.3 Å². The van der Waals surface area contributed by atoms with Crippen LogP contribution in [0.15, 0.2) is 70.6 Å². The highest BCUT2D eigenvalue weighted by Crippen LogP contribution is 2.31. The Balaban J connectivity index is 1.42. The Labute approximate surface area is 348 Å². The highest BCUT2D eigenvalue weighted by Gasteiger charge is 2.50. The van der Waals surface area contributed by atoms with Crippen molar-refractivity contribution in [2.75, 3.05) is 52.5 Å². The summed E-state index contributed by atoms with van der Waals surface area (Å²) < 4.78 is 11.3. The molecule has 0 bridgehead atoms. The lowest BCUT2D eigenvalue weighted by atomic mass is 9.89. The lowest BCUT2D eigenvalue weighted by Gasteiger charge is -2.26. The number of nitrogens with one attached hydrogen (secondary N) is 1. The zero-order chi connectivity index (χ0) is 41.9. The molecule has 4 rings (SSSR count). The van der Waals surface area contributed by atoms with Gasteiger partial charge >= 0.3 is 0 Å². The summed E-state index contributed by atoms with van der Waals surface area (Å²) in [6.07, 6.45) is 5.81. The number of piperazine rings is 1. The van der Waals surface area contributed by atoms with Crippen molar-refractivity contribution in [2.24, 2.45) is 45.1 Å². The zero-order valence-electron chi connectivity index (χ0n) is 36.0. The molecule has 2 aliphatic rings. The van der Waals surface area contributed by atoms with E-state index < -0.39 is 17.7 Å². The summed E-state index contributed by atoms with van der Waals surface area (Å²) in [6, 6.07) is 19.2. The first-order valence-corrected chi connectivity index (χ1v) is 21.8. The van der Waals surface area contributed by atoms with Gasteiger partial charge in [-0.05, 0) is 81.3 Å². The van der Waals surface area contributed by atoms with Crippen LogP contribution in [-0.4, -0.2) is 104 Å². The van der Waals surface area contributed by atoms with Crippen LogP contribution in [0, 0.1) is 23.7 Å². The van der Waals surface area contributed by atoms with Crippen LogP contribution in [0.5, 0.6) is 0 Å². The average Bonchev–Trinajstić information content (AvgIpc) is 3.97. The number of Topliss-reactive ketones (excluding diaryl/α,β-unsaturated/α-hetero) is 3. The van der Waals surface area contributed by atoms with Crippen molar-refractivity contribution in [3.8, 4) is 0 Å². The van der Waals surface area contributed by atoms with Gasteiger partial charge in [-0.25, -0.2) is 0 Å². The van der Waals surface area contributed by atoms with Crippen molar-refractivity contribution in [3.63, 3.8) is 0 Å². The lowest BCUT2D eigenvalue weighted by molar-refractivity contribution is -0.125. The number of aliphatic imine (C=N–C) groups is 2. The number of rotatable bonds is 28. The summed E-state index contributed by atoms with van der Waals surface area (Å²) in [4.78, 5) is 52.5. The van der Waals surface area contributed by atoms with Gasteiger partial charge in [0, 0.05) is 57.4 Å². The van der Waals surface area contributed by atoms with Crippen LogP contribution < -0.4 is 16.8 Å². The Kier molecular flexibility index (Phi) is 19.7. The molecule has 58 heavy (non-hydrogen) atoms. The molecule has 11 heteroatoms. The number of hydrogen-bond donors (Lipinski definition) is 3. The van der Waals surface area contributed by atoms with E-state index in [0.29, 0.717) is 76.3 Å². The van der Waals surface area contributed by atoms with Gasteiger partial charge in [-0.3, -0.25) is 29.3 Å². The van der Waals surface area contributed by atoms with Crippen molar-refractivity contribution in [3.05, 3.63) is 71.8 Å². The monoisotopic (exact) mass is 801 g/mol. The fraction of sp³-hybridized carbons (Fsp3) is 0.638. The van der Waals surface area contributed by atoms with Gasteiger partial charge in [0.25, 0.3) is 0 Å². The lowest BCUT2D eigenvalue weighted by Crippen LogP contribution is -2.44. The van der Waals surface area contributed by atoms with Crippen LogP contribution in [0.3, 0.4) is 0 Å². The molecule has 2 unspecified atom stereocenters. The molecule has 0 spiro atoms. The van der Waals surface area contributed by atoms with E-state index in [-0.39, 0.29) is 47.6 Å². The maximum Gasteiger partial charge on any atom is 0.191 e. The molecule has 2 aromatic carbocycles. The molecule has 0 radical (unpaired) electrons. The third kappa shape index (κ3) is 16.8. The van der Waals surface area contributed by atoms with Crippen molar-refractivity contribution in [1.29, 1.82) is 0 Å². The Morgan fingerprint density at radius 1 is 0.810 bits per heavy atom. The average molecular weight is 801 g/mol. The quantitative estimate of drug-likeness (QED) is 0.0405. The fourth-order valence-electron chi connectivity index (χ4n) is 7.63. The molecule has 2 fully saturated rings. The van der Waals surface area contributed by atoms with E-state index in [1.165, 1.54) is 5.56 Å². The van der Waals surface area contributed by atoms with E-state index in [1.54, 1.807) is 0 Å². The largest absolute Gasteiger partial charge is 0.387 e. The normalized spacial score (nSPS) is 19.8. The second kappa shape index (κ2) is 24.3. The Hall–Kier alpha value is -3.77. The van der Waals surface area contributed by atoms with E-state index in [1.807, 2.05) is 43.3 Å². The number of benzene rings is 2. The number of ether oxygens (including phenoxy) is 2. The number of epoxide rings is 1. The minimum atomic E-state index is -0.784. The SMILES string of the molecule is CC(C)CC(N=C(N)C(CCCC(=O)[C@H](CC(C)C)N=C(N)[C@@H](CCC(=O)COCCN1CCNCC1)CCc1ccccc1)Cc1ccccc1)C(=O)[C@@]1(C)CO1. The van der Waals surface area contributed by atoms with Gasteiger partial charge in [-0.1, -0.05) is 88.4 Å². The molecule has 5 N–H and O–H groups in total. The summed E-state index contributed by atoms with van der Waals surface area (Å²) in [7, 11) is 0. The minimum absolute atomic E-state index is 0.0223. The molecule has 2 aromatic rings. The summed E-state index contributed by atoms with van der Waals surface area (Å²) in [5.74, 6) is 1.16. The number of nitrogens with two attached hydrogens (primary N) is 2. The number of hydrogen-bond acceptors (Lipinski definition) is 9. The van der Waals surface area contributed by atoms with Crippen LogP contribution in [0.4, 0.5) is 0 Å². The van der Waals surface area contributed by atoms with Gasteiger partial charge < -0.3 is 26.3 Å². The number of carbonyl (C=O) groups excluding carboxylic acids is 3. The first-order chi connectivity index (χ1) is 27.8. The molecule has 320 valence electrons. The highest BCUT2D eigenvalue weighted by molar-refractivity contribution is 5.96.